The predicted octanol–water partition coefficient (Wildman–Crippen LogP) is 4.23. The highest BCUT2D eigenvalue weighted by molar-refractivity contribution is 7.92. The van der Waals surface area contributed by atoms with Gasteiger partial charge in [0.05, 0.1) is 18.0 Å². The Bertz CT molecular complexity index is 1130. The van der Waals surface area contributed by atoms with Gasteiger partial charge in [-0.2, -0.15) is 0 Å². The predicted molar refractivity (Wildman–Crippen MR) is 126 cm³/mol. The van der Waals surface area contributed by atoms with E-state index in [4.69, 9.17) is 0 Å². The molecule has 0 fully saturated rings. The summed E-state index contributed by atoms with van der Waals surface area (Å²) < 4.78 is 26.0. The fourth-order valence-electron chi connectivity index (χ4n) is 3.49. The molecular formula is C25H28N2O3S. The Balaban J connectivity index is 1.87. The molecule has 0 bridgehead atoms. The van der Waals surface area contributed by atoms with Gasteiger partial charge in [-0.1, -0.05) is 79.2 Å². The number of nitrogens with zero attached hydrogens (tertiary/aromatic N) is 1. The van der Waals surface area contributed by atoms with E-state index < -0.39 is 10.0 Å². The number of sulfonamides is 1. The van der Waals surface area contributed by atoms with Gasteiger partial charge >= 0.3 is 0 Å². The molecule has 0 spiro atoms. The number of anilines is 1. The average Bonchev–Trinajstić information content (AvgIpc) is 2.76. The van der Waals surface area contributed by atoms with Gasteiger partial charge in [-0.05, 0) is 42.2 Å². The maximum absolute atomic E-state index is 13.0. The summed E-state index contributed by atoms with van der Waals surface area (Å²) in [7, 11) is -3.63. The number of hydrogen-bond donors (Lipinski definition) is 1. The second-order valence-electron chi connectivity index (χ2n) is 7.61. The zero-order valence-electron chi connectivity index (χ0n) is 18.1. The molecule has 3 rings (SSSR count). The van der Waals surface area contributed by atoms with Gasteiger partial charge in [0, 0.05) is 0 Å². The second kappa shape index (κ2) is 9.79. The molecule has 1 amide bonds. The lowest BCUT2D eigenvalue weighted by molar-refractivity contribution is -0.120. The topological polar surface area (TPSA) is 66.5 Å². The first kappa shape index (κ1) is 22.6. The van der Waals surface area contributed by atoms with E-state index in [0.717, 1.165) is 39.2 Å². The van der Waals surface area contributed by atoms with Crippen molar-refractivity contribution in [3.05, 3.63) is 101 Å². The minimum atomic E-state index is -3.63. The Morgan fingerprint density at radius 1 is 0.935 bits per heavy atom. The summed E-state index contributed by atoms with van der Waals surface area (Å²) in [6.07, 6.45) is 1.97. The lowest BCUT2D eigenvalue weighted by Gasteiger charge is -2.25. The van der Waals surface area contributed by atoms with Gasteiger partial charge in [-0.15, -0.1) is 0 Å². The fraction of sp³-hybridized carbons (Fsp3) is 0.240. The van der Waals surface area contributed by atoms with Crippen LogP contribution in [0.3, 0.4) is 0 Å². The average molecular weight is 437 g/mol. The number of nitrogens with one attached hydrogen (secondary N) is 1. The molecule has 31 heavy (non-hydrogen) atoms. The maximum atomic E-state index is 13.0. The Labute approximate surface area is 184 Å². The minimum absolute atomic E-state index is 0.292. The van der Waals surface area contributed by atoms with Gasteiger partial charge in [0.25, 0.3) is 0 Å². The van der Waals surface area contributed by atoms with Crippen molar-refractivity contribution in [3.63, 3.8) is 0 Å². The number of aryl methyl sites for hydroxylation is 2. The normalized spacial score (nSPS) is 12.2. The number of benzene rings is 3. The van der Waals surface area contributed by atoms with E-state index in [2.05, 4.69) is 5.32 Å². The second-order valence-corrected chi connectivity index (χ2v) is 9.52. The summed E-state index contributed by atoms with van der Waals surface area (Å²) in [6.45, 7) is 3.74. The quantitative estimate of drug-likeness (QED) is 0.575. The van der Waals surface area contributed by atoms with Crippen LogP contribution in [-0.4, -0.2) is 27.1 Å². The highest BCUT2D eigenvalue weighted by atomic mass is 32.2. The Hall–Kier alpha value is -3.12. The van der Waals surface area contributed by atoms with E-state index in [0.29, 0.717) is 5.69 Å². The molecule has 3 aromatic rings. The zero-order chi connectivity index (χ0) is 22.4. The highest BCUT2D eigenvalue weighted by Gasteiger charge is 2.23. The molecule has 162 valence electrons. The first-order valence-electron chi connectivity index (χ1n) is 10.3. The molecule has 0 aliphatic heterocycles. The van der Waals surface area contributed by atoms with E-state index in [-0.39, 0.29) is 18.5 Å². The van der Waals surface area contributed by atoms with Crippen LogP contribution in [0.25, 0.3) is 0 Å². The molecule has 0 aliphatic carbocycles. The van der Waals surface area contributed by atoms with Crippen LogP contribution in [0, 0.1) is 6.92 Å². The van der Waals surface area contributed by atoms with Crippen LogP contribution in [-0.2, 0) is 21.2 Å². The van der Waals surface area contributed by atoms with Crippen LogP contribution in [0.15, 0.2) is 78.9 Å². The Kier molecular flexibility index (Phi) is 7.13. The van der Waals surface area contributed by atoms with Crippen molar-refractivity contribution < 1.29 is 13.2 Å². The summed E-state index contributed by atoms with van der Waals surface area (Å²) in [5.41, 5.74) is 4.53. The maximum Gasteiger partial charge on any atom is 0.241 e. The van der Waals surface area contributed by atoms with Crippen LogP contribution in [0.1, 0.15) is 35.2 Å². The van der Waals surface area contributed by atoms with Crippen LogP contribution in [0.4, 0.5) is 5.69 Å². The molecule has 0 radical (unpaired) electrons. The van der Waals surface area contributed by atoms with E-state index in [9.17, 15) is 13.2 Å². The first-order chi connectivity index (χ1) is 14.8. The molecule has 0 aliphatic rings. The van der Waals surface area contributed by atoms with Gasteiger partial charge in [0.1, 0.15) is 6.54 Å². The van der Waals surface area contributed by atoms with Crippen molar-refractivity contribution in [1.29, 1.82) is 0 Å². The van der Waals surface area contributed by atoms with Gasteiger partial charge in [0.15, 0.2) is 0 Å². The smallest absolute Gasteiger partial charge is 0.241 e. The van der Waals surface area contributed by atoms with Crippen molar-refractivity contribution in [2.75, 3.05) is 17.1 Å². The van der Waals surface area contributed by atoms with Crippen molar-refractivity contribution in [1.82, 2.24) is 5.32 Å². The molecular weight excluding hydrogens is 408 g/mol. The van der Waals surface area contributed by atoms with Crippen molar-refractivity contribution >= 4 is 21.6 Å². The molecule has 5 nitrogen and oxygen atoms in total. The third-order valence-electron chi connectivity index (χ3n) is 5.13. The molecule has 1 unspecified atom stereocenters. The van der Waals surface area contributed by atoms with Gasteiger partial charge in [-0.25, -0.2) is 8.42 Å². The summed E-state index contributed by atoms with van der Waals surface area (Å²) in [5, 5.41) is 3.03. The van der Waals surface area contributed by atoms with E-state index in [1.165, 1.54) is 0 Å². The van der Waals surface area contributed by atoms with Crippen molar-refractivity contribution in [3.8, 4) is 0 Å². The van der Waals surface area contributed by atoms with E-state index >= 15 is 0 Å². The fourth-order valence-corrected chi connectivity index (χ4v) is 4.35. The number of carbonyl (C=O) groups is 1. The molecule has 0 heterocycles. The molecule has 6 heteroatoms. The van der Waals surface area contributed by atoms with Crippen LogP contribution in [0.2, 0.25) is 0 Å². The number of carbonyl (C=O) groups excluding carboxylic acids is 1. The Morgan fingerprint density at radius 2 is 1.58 bits per heavy atom. The molecule has 0 aromatic heterocycles. The molecule has 1 atom stereocenters. The highest BCUT2D eigenvalue weighted by Crippen LogP contribution is 2.24. The Morgan fingerprint density at radius 3 is 2.16 bits per heavy atom. The third kappa shape index (κ3) is 5.95. The van der Waals surface area contributed by atoms with Gasteiger partial charge < -0.3 is 5.32 Å². The van der Waals surface area contributed by atoms with Crippen molar-refractivity contribution in [2.45, 2.75) is 26.3 Å². The van der Waals surface area contributed by atoms with E-state index in [1.807, 2.05) is 80.6 Å². The van der Waals surface area contributed by atoms with E-state index in [1.54, 1.807) is 12.1 Å². The monoisotopic (exact) mass is 436 g/mol. The number of rotatable bonds is 8. The molecule has 1 N–H and O–H groups in total. The summed E-state index contributed by atoms with van der Waals surface area (Å²) in [5.74, 6) is -0.375. The number of amides is 1. The largest absolute Gasteiger partial charge is 0.344 e. The zero-order valence-corrected chi connectivity index (χ0v) is 18.9. The SMILES string of the molecule is CCc1ccc(N(CC(=O)NC(c2ccccc2)c2cccc(C)c2)S(C)(=O)=O)cc1. The summed E-state index contributed by atoms with van der Waals surface area (Å²) in [4.78, 5) is 13.0. The molecule has 3 aromatic carbocycles. The first-order valence-corrected chi connectivity index (χ1v) is 12.1. The van der Waals surface area contributed by atoms with Crippen LogP contribution < -0.4 is 9.62 Å². The third-order valence-corrected chi connectivity index (χ3v) is 6.27. The lowest BCUT2D eigenvalue weighted by atomic mass is 9.97. The van der Waals surface area contributed by atoms with Gasteiger partial charge in [0.2, 0.25) is 15.9 Å². The van der Waals surface area contributed by atoms with Crippen LogP contribution >= 0.6 is 0 Å². The lowest BCUT2D eigenvalue weighted by Crippen LogP contribution is -2.41. The van der Waals surface area contributed by atoms with Crippen molar-refractivity contribution in [2.24, 2.45) is 0 Å². The van der Waals surface area contributed by atoms with Gasteiger partial charge in [-0.3, -0.25) is 9.10 Å². The van der Waals surface area contributed by atoms with Crippen LogP contribution in [0.5, 0.6) is 0 Å². The number of hydrogen-bond acceptors (Lipinski definition) is 3. The summed E-state index contributed by atoms with van der Waals surface area (Å²) >= 11 is 0. The standard InChI is InChI=1S/C25H28N2O3S/c1-4-20-13-15-23(16-14-20)27(31(3,29)30)18-24(28)26-25(21-10-6-5-7-11-21)22-12-8-9-19(2)17-22/h5-17,25H,4,18H2,1-3H3,(H,26,28). The molecule has 0 saturated heterocycles. The minimum Gasteiger partial charge on any atom is -0.344 e. The molecule has 0 saturated carbocycles. The summed E-state index contributed by atoms with van der Waals surface area (Å²) in [6, 6.07) is 24.4.